The minimum Gasteiger partial charge on any atom is -0.309 e. The molecule has 0 amide bonds. The van der Waals surface area contributed by atoms with Crippen LogP contribution in [0.25, 0.3) is 71.6 Å². The fraction of sp³-hybridized carbons (Fsp3) is 0.103. The van der Waals surface area contributed by atoms with E-state index >= 15 is 0 Å². The minimum atomic E-state index is -0.221. The summed E-state index contributed by atoms with van der Waals surface area (Å²) in [5, 5.41) is 4.97. The van der Waals surface area contributed by atoms with Crippen molar-refractivity contribution in [1.82, 2.24) is 4.57 Å². The highest BCUT2D eigenvalue weighted by Crippen LogP contribution is 2.59. The van der Waals surface area contributed by atoms with Gasteiger partial charge in [0.05, 0.1) is 33.8 Å². The molecule has 1 aromatic heterocycles. The number of anilines is 3. The van der Waals surface area contributed by atoms with E-state index in [0.717, 1.165) is 5.69 Å². The van der Waals surface area contributed by atoms with Crippen LogP contribution in [0.3, 0.4) is 0 Å². The van der Waals surface area contributed by atoms with E-state index in [9.17, 15) is 0 Å². The predicted octanol–water partition coefficient (Wildman–Crippen LogP) is 15.7. The molecule has 1 heterocycles. The van der Waals surface area contributed by atoms with Crippen molar-refractivity contribution in [3.63, 3.8) is 0 Å². The lowest BCUT2D eigenvalue weighted by Gasteiger charge is -2.35. The number of hydrogen-bond donors (Lipinski definition) is 0. The van der Waals surface area contributed by atoms with Gasteiger partial charge in [-0.05, 0) is 86.3 Å². The van der Waals surface area contributed by atoms with Crippen LogP contribution < -0.4 is 4.90 Å². The van der Waals surface area contributed by atoms with Gasteiger partial charge in [0.25, 0.3) is 0 Å². The molecule has 10 aromatic rings. The van der Waals surface area contributed by atoms with E-state index in [0.29, 0.717) is 0 Å². The number of benzene rings is 9. The summed E-state index contributed by atoms with van der Waals surface area (Å²) in [6, 6.07) is 72.3. The van der Waals surface area contributed by atoms with Gasteiger partial charge in [-0.2, -0.15) is 0 Å². The van der Waals surface area contributed by atoms with Crippen LogP contribution in [0, 0.1) is 0 Å². The molecule has 0 N–H and O–H groups in total. The van der Waals surface area contributed by atoms with Crippen molar-refractivity contribution in [2.75, 3.05) is 4.90 Å². The second-order valence-electron chi connectivity index (χ2n) is 17.6. The van der Waals surface area contributed by atoms with Gasteiger partial charge in [-0.15, -0.1) is 0 Å². The Kier molecular flexibility index (Phi) is 7.36. The molecule has 60 heavy (non-hydrogen) atoms. The lowest BCUT2D eigenvalue weighted by Crippen LogP contribution is -2.21. The summed E-state index contributed by atoms with van der Waals surface area (Å²) in [6.45, 7) is 9.56. The third-order valence-corrected chi connectivity index (χ3v) is 13.8. The minimum absolute atomic E-state index is 0.139. The molecule has 286 valence electrons. The topological polar surface area (TPSA) is 8.17 Å². The van der Waals surface area contributed by atoms with Gasteiger partial charge in [0.2, 0.25) is 0 Å². The maximum atomic E-state index is 2.61. The van der Waals surface area contributed by atoms with Crippen LogP contribution in [0.1, 0.15) is 49.9 Å². The van der Waals surface area contributed by atoms with Gasteiger partial charge in [0.15, 0.2) is 0 Å². The third-order valence-electron chi connectivity index (χ3n) is 13.8. The predicted molar refractivity (Wildman–Crippen MR) is 254 cm³/mol. The first kappa shape index (κ1) is 34.8. The van der Waals surface area contributed by atoms with Crippen LogP contribution in [-0.2, 0) is 10.8 Å². The Bertz CT molecular complexity index is 3340. The Morgan fingerprint density at radius 3 is 1.57 bits per heavy atom. The molecule has 0 unspecified atom stereocenters. The van der Waals surface area contributed by atoms with Crippen molar-refractivity contribution in [3.8, 4) is 39.1 Å². The van der Waals surface area contributed by atoms with E-state index in [4.69, 9.17) is 0 Å². The number of hydrogen-bond acceptors (Lipinski definition) is 1. The second kappa shape index (κ2) is 12.7. The summed E-state index contributed by atoms with van der Waals surface area (Å²) in [5.74, 6) is 0. The van der Waals surface area contributed by atoms with E-state index < -0.39 is 0 Å². The normalized spacial score (nSPS) is 14.3. The van der Waals surface area contributed by atoms with Gasteiger partial charge in [-0.25, -0.2) is 0 Å². The van der Waals surface area contributed by atoms with Gasteiger partial charge in [0.1, 0.15) is 0 Å². The van der Waals surface area contributed by atoms with Crippen LogP contribution in [0.5, 0.6) is 0 Å². The van der Waals surface area contributed by atoms with Crippen molar-refractivity contribution in [3.05, 3.63) is 216 Å². The first-order valence-electron chi connectivity index (χ1n) is 21.2. The van der Waals surface area contributed by atoms with Crippen molar-refractivity contribution < 1.29 is 0 Å². The quantitative estimate of drug-likeness (QED) is 0.169. The van der Waals surface area contributed by atoms with Crippen molar-refractivity contribution in [1.29, 1.82) is 0 Å². The Morgan fingerprint density at radius 1 is 0.333 bits per heavy atom. The first-order chi connectivity index (χ1) is 29.3. The number of nitrogens with zero attached hydrogens (tertiary/aromatic N) is 2. The average molecular weight is 769 g/mol. The van der Waals surface area contributed by atoms with E-state index in [1.165, 1.54) is 105 Å². The number of fused-ring (bicyclic) bond motifs is 10. The van der Waals surface area contributed by atoms with Gasteiger partial charge in [-0.1, -0.05) is 185 Å². The SMILES string of the molecule is CC1(C)c2ccccc2-c2c(N(c3ccccc3-c3ccc(-n4c5ccccc5c5ccccc54)c4ccccc34)c3cccc4c3C(C)(C)c3ccccc3-4)cccc21. The van der Waals surface area contributed by atoms with E-state index in [-0.39, 0.29) is 10.8 Å². The van der Waals surface area contributed by atoms with E-state index in [1.807, 2.05) is 0 Å². The summed E-state index contributed by atoms with van der Waals surface area (Å²) in [7, 11) is 0. The number of rotatable bonds is 5. The van der Waals surface area contributed by atoms with Gasteiger partial charge >= 0.3 is 0 Å². The summed E-state index contributed by atoms with van der Waals surface area (Å²) >= 11 is 0. The lowest BCUT2D eigenvalue weighted by atomic mass is 9.81. The van der Waals surface area contributed by atoms with Crippen LogP contribution in [0.15, 0.2) is 194 Å². The molecule has 2 aliphatic rings. The fourth-order valence-corrected chi connectivity index (χ4v) is 11.1. The van der Waals surface area contributed by atoms with E-state index in [1.54, 1.807) is 0 Å². The molecule has 2 heteroatoms. The molecule has 2 aliphatic carbocycles. The zero-order chi connectivity index (χ0) is 40.3. The van der Waals surface area contributed by atoms with E-state index in [2.05, 4.69) is 231 Å². The molecule has 0 fully saturated rings. The average Bonchev–Trinajstić information content (AvgIpc) is 3.84. The first-order valence-corrected chi connectivity index (χ1v) is 21.2. The smallest absolute Gasteiger partial charge is 0.0543 e. The molecule has 12 rings (SSSR count). The van der Waals surface area contributed by atoms with Crippen LogP contribution in [0.2, 0.25) is 0 Å². The molecule has 2 nitrogen and oxygen atoms in total. The molecule has 0 atom stereocenters. The molecular formula is C58H44N2. The second-order valence-corrected chi connectivity index (χ2v) is 17.6. The van der Waals surface area contributed by atoms with Crippen molar-refractivity contribution >= 4 is 49.6 Å². The van der Waals surface area contributed by atoms with Crippen LogP contribution >= 0.6 is 0 Å². The van der Waals surface area contributed by atoms with Crippen molar-refractivity contribution in [2.24, 2.45) is 0 Å². The zero-order valence-corrected chi connectivity index (χ0v) is 34.4. The summed E-state index contributed by atoms with van der Waals surface area (Å²) < 4.78 is 2.45. The van der Waals surface area contributed by atoms with Gasteiger partial charge < -0.3 is 9.47 Å². The highest BCUT2D eigenvalue weighted by Gasteiger charge is 2.41. The maximum absolute atomic E-state index is 2.61. The Hall–Kier alpha value is -7.16. The van der Waals surface area contributed by atoms with Gasteiger partial charge in [-0.3, -0.25) is 0 Å². The van der Waals surface area contributed by atoms with Crippen LogP contribution in [-0.4, -0.2) is 4.57 Å². The molecule has 0 spiro atoms. The standard InChI is InChI=1S/C58H44N2/c1-57(2)47-28-13-8-25-45(47)55-48(57)29-18-33-53(55)60(54-34-17-26-44-39-20-7-12-27-46(39)58(3,4)56(44)54)49-30-14-9-22-41(49)38-35-36-52(40-21-6-5-19-37(38)40)59-50-31-15-10-23-42(50)43-24-11-16-32-51(43)59/h5-36H,1-4H3. The Labute approximate surface area is 351 Å². The highest BCUT2D eigenvalue weighted by atomic mass is 15.2. The van der Waals surface area contributed by atoms with Crippen molar-refractivity contribution in [2.45, 2.75) is 38.5 Å². The molecule has 0 saturated carbocycles. The molecule has 0 aliphatic heterocycles. The lowest BCUT2D eigenvalue weighted by molar-refractivity contribution is 0.659. The summed E-state index contributed by atoms with van der Waals surface area (Å²) in [6.07, 6.45) is 0. The third kappa shape index (κ3) is 4.70. The van der Waals surface area contributed by atoms with Gasteiger partial charge in [0, 0.05) is 38.1 Å². The summed E-state index contributed by atoms with van der Waals surface area (Å²) in [4.78, 5) is 2.61. The number of para-hydroxylation sites is 3. The van der Waals surface area contributed by atoms with Crippen LogP contribution in [0.4, 0.5) is 17.1 Å². The zero-order valence-electron chi connectivity index (χ0n) is 34.4. The molecule has 9 aromatic carbocycles. The molecule has 0 bridgehead atoms. The largest absolute Gasteiger partial charge is 0.309 e. The maximum Gasteiger partial charge on any atom is 0.0543 e. The summed E-state index contributed by atoms with van der Waals surface area (Å²) in [5.41, 5.74) is 19.9. The molecule has 0 saturated heterocycles. The Balaban J connectivity index is 1.15. The number of aromatic nitrogens is 1. The Morgan fingerprint density at radius 2 is 0.833 bits per heavy atom. The fourth-order valence-electron chi connectivity index (χ4n) is 11.1. The monoisotopic (exact) mass is 768 g/mol. The molecule has 0 radical (unpaired) electrons. The highest BCUT2D eigenvalue weighted by molar-refractivity contribution is 6.12. The molecular weight excluding hydrogens is 725 g/mol.